The quantitative estimate of drug-likeness (QED) is 0.671. The molecule has 4 rings (SSSR count). The zero-order valence-corrected chi connectivity index (χ0v) is 15.5. The van der Waals surface area contributed by atoms with Crippen LogP contribution in [0.2, 0.25) is 0 Å². The third kappa shape index (κ3) is 2.79. The number of anilines is 1. The number of carbonyl (C=O) groups is 1. The maximum Gasteiger partial charge on any atom is 0.332 e. The topological polar surface area (TPSA) is 95.3 Å². The van der Waals surface area contributed by atoms with Crippen LogP contribution in [0.15, 0.2) is 32.4 Å². The molecule has 27 heavy (non-hydrogen) atoms. The number of furan rings is 1. The Kier molecular flexibility index (Phi) is 4.01. The summed E-state index contributed by atoms with van der Waals surface area (Å²) in [6.45, 7) is 5.12. The summed E-state index contributed by atoms with van der Waals surface area (Å²) in [7, 11) is 1.57. The Bertz CT molecular complexity index is 1140. The van der Waals surface area contributed by atoms with Gasteiger partial charge in [-0.25, -0.2) is 4.79 Å². The van der Waals surface area contributed by atoms with Gasteiger partial charge in [0.15, 0.2) is 11.2 Å². The van der Waals surface area contributed by atoms with Crippen LogP contribution >= 0.6 is 0 Å². The lowest BCUT2D eigenvalue weighted by Crippen LogP contribution is -2.42. The summed E-state index contributed by atoms with van der Waals surface area (Å²) in [5.74, 6) is 1.46. The predicted octanol–water partition coefficient (Wildman–Crippen LogP) is 0.735. The molecule has 0 aliphatic carbocycles. The van der Waals surface area contributed by atoms with Crippen molar-refractivity contribution in [2.24, 2.45) is 13.0 Å². The van der Waals surface area contributed by atoms with Gasteiger partial charge in [0.2, 0.25) is 5.95 Å². The zero-order chi connectivity index (χ0) is 19.3. The molecule has 3 aromatic rings. The van der Waals surface area contributed by atoms with Crippen molar-refractivity contribution in [2.45, 2.75) is 33.5 Å². The molecule has 0 saturated heterocycles. The first-order valence-corrected chi connectivity index (χ1v) is 8.83. The van der Waals surface area contributed by atoms with E-state index in [4.69, 9.17) is 4.42 Å². The lowest BCUT2D eigenvalue weighted by Gasteiger charge is -2.32. The molecule has 1 aliphatic rings. The molecule has 9 nitrogen and oxygen atoms in total. The number of aromatic nitrogens is 4. The van der Waals surface area contributed by atoms with Crippen LogP contribution in [0.25, 0.3) is 11.2 Å². The normalized spacial score (nSPS) is 16.7. The Morgan fingerprint density at radius 2 is 2.11 bits per heavy atom. The van der Waals surface area contributed by atoms with E-state index in [9.17, 15) is 14.4 Å². The van der Waals surface area contributed by atoms with Gasteiger partial charge in [0.05, 0.1) is 19.4 Å². The fourth-order valence-electron chi connectivity index (χ4n) is 3.69. The van der Waals surface area contributed by atoms with Crippen molar-refractivity contribution >= 4 is 22.9 Å². The molecule has 1 atom stereocenters. The van der Waals surface area contributed by atoms with Gasteiger partial charge in [-0.3, -0.25) is 18.7 Å². The van der Waals surface area contributed by atoms with Gasteiger partial charge in [0.25, 0.3) is 5.56 Å². The molecule has 0 radical (unpaired) electrons. The highest BCUT2D eigenvalue weighted by molar-refractivity contribution is 5.77. The van der Waals surface area contributed by atoms with Crippen LogP contribution in [0.1, 0.15) is 19.6 Å². The third-order valence-corrected chi connectivity index (χ3v) is 4.83. The molecule has 0 N–H and O–H groups in total. The van der Waals surface area contributed by atoms with Gasteiger partial charge in [-0.05, 0) is 25.0 Å². The van der Waals surface area contributed by atoms with E-state index in [-0.39, 0.29) is 18.2 Å². The molecule has 0 bridgehead atoms. The van der Waals surface area contributed by atoms with Crippen molar-refractivity contribution in [3.05, 3.63) is 45.0 Å². The van der Waals surface area contributed by atoms with Crippen molar-refractivity contribution in [2.75, 3.05) is 11.4 Å². The molecule has 0 amide bonds. The lowest BCUT2D eigenvalue weighted by atomic mass is 10.1. The van der Waals surface area contributed by atoms with Gasteiger partial charge in [-0.1, -0.05) is 6.92 Å². The van der Waals surface area contributed by atoms with Crippen LogP contribution in [0, 0.1) is 5.92 Å². The van der Waals surface area contributed by atoms with Gasteiger partial charge in [0, 0.05) is 20.1 Å². The van der Waals surface area contributed by atoms with Gasteiger partial charge < -0.3 is 13.9 Å². The summed E-state index contributed by atoms with van der Waals surface area (Å²) in [6.07, 6.45) is 1.62. The van der Waals surface area contributed by atoms with E-state index in [0.29, 0.717) is 30.2 Å². The fourth-order valence-corrected chi connectivity index (χ4v) is 3.69. The minimum absolute atomic E-state index is 0.242. The number of nitrogens with zero attached hydrogens (tertiary/aromatic N) is 5. The second kappa shape index (κ2) is 6.26. The Morgan fingerprint density at radius 1 is 1.33 bits per heavy atom. The number of imidazole rings is 1. The average Bonchev–Trinajstić information content (AvgIpc) is 3.24. The van der Waals surface area contributed by atoms with Crippen LogP contribution in [-0.4, -0.2) is 31.0 Å². The maximum atomic E-state index is 13.0. The largest absolute Gasteiger partial charge is 0.467 e. The number of carbonyl (C=O) groups excluding carboxylic acids is 1. The van der Waals surface area contributed by atoms with Gasteiger partial charge in [-0.15, -0.1) is 0 Å². The summed E-state index contributed by atoms with van der Waals surface area (Å²) in [6, 6.07) is 3.72. The molecule has 4 heterocycles. The first kappa shape index (κ1) is 17.3. The van der Waals surface area contributed by atoms with Gasteiger partial charge in [0.1, 0.15) is 11.5 Å². The monoisotopic (exact) mass is 371 g/mol. The Morgan fingerprint density at radius 3 is 2.78 bits per heavy atom. The molecule has 142 valence electrons. The van der Waals surface area contributed by atoms with E-state index in [1.54, 1.807) is 13.3 Å². The fraction of sp³-hybridized carbons (Fsp3) is 0.444. The van der Waals surface area contributed by atoms with Crippen molar-refractivity contribution in [1.29, 1.82) is 0 Å². The van der Waals surface area contributed by atoms with Gasteiger partial charge in [-0.2, -0.15) is 4.98 Å². The molecule has 0 unspecified atom stereocenters. The lowest BCUT2D eigenvalue weighted by molar-refractivity contribution is -0.117. The van der Waals surface area contributed by atoms with Crippen molar-refractivity contribution in [1.82, 2.24) is 18.7 Å². The SMILES string of the molecule is CC(=O)Cn1c(=O)c2c(nc3n2C[C@@H](C)CN3Cc2ccco2)n(C)c1=O. The Hall–Kier alpha value is -3.10. The number of ketones is 1. The van der Waals surface area contributed by atoms with E-state index in [0.717, 1.165) is 16.9 Å². The summed E-state index contributed by atoms with van der Waals surface area (Å²) in [5, 5.41) is 0. The number of hydrogen-bond acceptors (Lipinski definition) is 6. The standard InChI is InChI=1S/C18H21N5O4/c1-11-7-21(10-13-5-4-6-27-13)17-19-15-14(22(17)8-11)16(25)23(9-12(2)24)18(26)20(15)3/h4-6,11H,7-10H2,1-3H3/t11-/m0/s1. The van der Waals surface area contributed by atoms with Gasteiger partial charge >= 0.3 is 5.69 Å². The number of Topliss-reactive ketones (excluding diaryl/α,β-unsaturated/α-hetero) is 1. The molecule has 1 aliphatic heterocycles. The first-order valence-electron chi connectivity index (χ1n) is 8.83. The minimum Gasteiger partial charge on any atom is -0.467 e. The number of rotatable bonds is 4. The van der Waals surface area contributed by atoms with E-state index in [1.165, 1.54) is 11.5 Å². The van der Waals surface area contributed by atoms with E-state index >= 15 is 0 Å². The summed E-state index contributed by atoms with van der Waals surface area (Å²) < 4.78 is 9.62. The minimum atomic E-state index is -0.538. The average molecular weight is 371 g/mol. The smallest absolute Gasteiger partial charge is 0.332 e. The highest BCUT2D eigenvalue weighted by Crippen LogP contribution is 2.28. The van der Waals surface area contributed by atoms with Crippen molar-refractivity contribution in [3.8, 4) is 0 Å². The number of aryl methyl sites for hydroxylation is 1. The zero-order valence-electron chi connectivity index (χ0n) is 15.5. The van der Waals surface area contributed by atoms with Crippen LogP contribution in [0.5, 0.6) is 0 Å². The summed E-state index contributed by atoms with van der Waals surface area (Å²) >= 11 is 0. The molecular weight excluding hydrogens is 350 g/mol. The van der Waals surface area contributed by atoms with E-state index < -0.39 is 11.2 Å². The maximum absolute atomic E-state index is 13.0. The summed E-state index contributed by atoms with van der Waals surface area (Å²) in [4.78, 5) is 43.7. The summed E-state index contributed by atoms with van der Waals surface area (Å²) in [5.41, 5.74) is -0.333. The highest BCUT2D eigenvalue weighted by atomic mass is 16.3. The number of hydrogen-bond donors (Lipinski definition) is 0. The molecular formula is C18H21N5O4. The van der Waals surface area contributed by atoms with Crippen LogP contribution in [0.3, 0.4) is 0 Å². The molecule has 0 aromatic carbocycles. The van der Waals surface area contributed by atoms with Crippen LogP contribution < -0.4 is 16.1 Å². The Balaban J connectivity index is 1.94. The third-order valence-electron chi connectivity index (χ3n) is 4.83. The second-order valence-electron chi connectivity index (χ2n) is 7.19. The number of fused-ring (bicyclic) bond motifs is 3. The van der Waals surface area contributed by atoms with E-state index in [1.807, 2.05) is 21.6 Å². The Labute approximate surface area is 154 Å². The molecule has 0 spiro atoms. The first-order chi connectivity index (χ1) is 12.9. The van der Waals surface area contributed by atoms with E-state index in [2.05, 4.69) is 11.9 Å². The molecule has 0 saturated carbocycles. The predicted molar refractivity (Wildman–Crippen MR) is 98.8 cm³/mol. The second-order valence-corrected chi connectivity index (χ2v) is 7.19. The molecule has 9 heteroatoms. The van der Waals surface area contributed by atoms with Crippen LogP contribution in [0.4, 0.5) is 5.95 Å². The van der Waals surface area contributed by atoms with Crippen molar-refractivity contribution < 1.29 is 9.21 Å². The molecule has 0 fully saturated rings. The molecule has 3 aromatic heterocycles. The van der Waals surface area contributed by atoms with Crippen molar-refractivity contribution in [3.63, 3.8) is 0 Å². The van der Waals surface area contributed by atoms with Crippen LogP contribution in [-0.2, 0) is 31.5 Å². The highest BCUT2D eigenvalue weighted by Gasteiger charge is 2.29.